The average Bonchev–Trinajstić information content (AvgIpc) is 3.30. The summed E-state index contributed by atoms with van der Waals surface area (Å²) in [5, 5.41) is 32.6. The SMILES string of the molecule is CC(C)OC(=O)C1=C(CSc2nc3c(cc2C#N)CCCCC3)OC(N)=C(C#N)C1c1cc2c(cc1[N+](=O)[O-])OCO2. The molecule has 0 bridgehead atoms. The Hall–Kier alpha value is -4.75. The van der Waals surface area contributed by atoms with Crippen LogP contribution in [0.4, 0.5) is 5.69 Å². The maximum atomic E-state index is 13.6. The Morgan fingerprint density at radius 1 is 1.19 bits per heavy atom. The molecule has 1 aromatic heterocycles. The summed E-state index contributed by atoms with van der Waals surface area (Å²) in [6.45, 7) is 3.17. The quantitative estimate of drug-likeness (QED) is 0.155. The molecule has 1 aliphatic carbocycles. The highest BCUT2D eigenvalue weighted by Gasteiger charge is 2.42. The van der Waals surface area contributed by atoms with Gasteiger partial charge in [-0.1, -0.05) is 18.2 Å². The van der Waals surface area contributed by atoms with Crippen molar-refractivity contribution in [3.8, 4) is 23.6 Å². The van der Waals surface area contributed by atoms with E-state index in [9.17, 15) is 25.4 Å². The summed E-state index contributed by atoms with van der Waals surface area (Å²) in [7, 11) is 0. The number of esters is 1. The van der Waals surface area contributed by atoms with Crippen LogP contribution < -0.4 is 15.2 Å². The third-order valence-corrected chi connectivity index (χ3v) is 8.06. The van der Waals surface area contributed by atoms with E-state index in [1.807, 2.05) is 12.1 Å². The first kappa shape index (κ1) is 28.8. The number of benzene rings is 1. The Labute approximate surface area is 245 Å². The lowest BCUT2D eigenvalue weighted by Gasteiger charge is -2.28. The lowest BCUT2D eigenvalue weighted by molar-refractivity contribution is -0.385. The van der Waals surface area contributed by atoms with Gasteiger partial charge in [0.05, 0.1) is 39.9 Å². The standard InChI is InChI=1S/C29H27N5O7S/c1-15(2)40-29(35)26-24(13-42-28-17(11-30)8-16-6-4-3-5-7-20(16)33-28)41-27(32)19(12-31)25(26)18-9-22-23(39-14-38-22)10-21(18)34(36)37/h8-10,15,25H,3-7,13-14,32H2,1-2H3. The zero-order valence-electron chi connectivity index (χ0n) is 23.0. The minimum absolute atomic E-state index is 0.00822. The van der Waals surface area contributed by atoms with Crippen LogP contribution in [0.15, 0.2) is 46.0 Å². The van der Waals surface area contributed by atoms with Gasteiger partial charge in [0.15, 0.2) is 11.5 Å². The fourth-order valence-corrected chi connectivity index (χ4v) is 6.11. The first-order valence-electron chi connectivity index (χ1n) is 13.4. The number of nitro benzene ring substituents is 1. The first-order valence-corrected chi connectivity index (χ1v) is 14.4. The van der Waals surface area contributed by atoms with E-state index in [0.29, 0.717) is 10.6 Å². The van der Waals surface area contributed by atoms with Gasteiger partial charge in [-0.3, -0.25) is 10.1 Å². The van der Waals surface area contributed by atoms with Crippen molar-refractivity contribution in [2.45, 2.75) is 63.0 Å². The zero-order chi connectivity index (χ0) is 30.0. The molecule has 0 radical (unpaired) electrons. The number of nitrogens with zero attached hydrogens (tertiary/aromatic N) is 4. The molecule has 0 amide bonds. The zero-order valence-corrected chi connectivity index (χ0v) is 23.8. The van der Waals surface area contributed by atoms with Crippen LogP contribution in [-0.2, 0) is 27.1 Å². The molecule has 0 saturated carbocycles. The molecule has 5 rings (SSSR count). The summed E-state index contributed by atoms with van der Waals surface area (Å²) >= 11 is 1.17. The van der Waals surface area contributed by atoms with Crippen LogP contribution in [0.3, 0.4) is 0 Å². The number of carbonyl (C=O) groups is 1. The van der Waals surface area contributed by atoms with Crippen molar-refractivity contribution in [1.29, 1.82) is 10.5 Å². The Morgan fingerprint density at radius 2 is 1.93 bits per heavy atom. The van der Waals surface area contributed by atoms with Crippen LogP contribution in [0.2, 0.25) is 0 Å². The van der Waals surface area contributed by atoms with E-state index >= 15 is 0 Å². The number of ether oxygens (including phenoxy) is 4. The van der Waals surface area contributed by atoms with Gasteiger partial charge < -0.3 is 24.7 Å². The molecular formula is C29H27N5O7S. The van der Waals surface area contributed by atoms with E-state index in [4.69, 9.17) is 29.7 Å². The first-order chi connectivity index (χ1) is 20.2. The van der Waals surface area contributed by atoms with Crippen LogP contribution in [0, 0.1) is 32.8 Å². The second kappa shape index (κ2) is 12.0. The Morgan fingerprint density at radius 3 is 2.62 bits per heavy atom. The number of hydrogen-bond acceptors (Lipinski definition) is 12. The van der Waals surface area contributed by atoms with Gasteiger partial charge in [0.25, 0.3) is 5.69 Å². The molecule has 2 aliphatic heterocycles. The van der Waals surface area contributed by atoms with Crippen LogP contribution in [0.1, 0.15) is 61.4 Å². The predicted molar refractivity (Wildman–Crippen MR) is 149 cm³/mol. The van der Waals surface area contributed by atoms with Gasteiger partial charge in [0.2, 0.25) is 12.7 Å². The van der Waals surface area contributed by atoms with Crippen LogP contribution in [-0.4, -0.2) is 34.5 Å². The van der Waals surface area contributed by atoms with E-state index in [1.165, 1.54) is 23.9 Å². The highest BCUT2D eigenvalue weighted by Crippen LogP contribution is 2.48. The molecular weight excluding hydrogens is 562 g/mol. The molecule has 12 nitrogen and oxygen atoms in total. The molecule has 0 saturated heterocycles. The molecule has 42 heavy (non-hydrogen) atoms. The molecule has 2 aromatic rings. The van der Waals surface area contributed by atoms with Gasteiger partial charge in [-0.05, 0) is 57.2 Å². The topological polar surface area (TPSA) is 184 Å². The van der Waals surface area contributed by atoms with E-state index in [0.717, 1.165) is 43.4 Å². The summed E-state index contributed by atoms with van der Waals surface area (Å²) < 4.78 is 22.1. The van der Waals surface area contributed by atoms with Gasteiger partial charge in [-0.25, -0.2) is 9.78 Å². The second-order valence-corrected chi connectivity index (χ2v) is 11.1. The van der Waals surface area contributed by atoms with E-state index < -0.39 is 28.6 Å². The highest BCUT2D eigenvalue weighted by molar-refractivity contribution is 7.99. The second-order valence-electron chi connectivity index (χ2n) is 10.1. The number of thioether (sulfide) groups is 1. The number of nitrogens with two attached hydrogens (primary N) is 1. The summed E-state index contributed by atoms with van der Waals surface area (Å²) in [4.78, 5) is 29.9. The van der Waals surface area contributed by atoms with Crippen molar-refractivity contribution in [2.75, 3.05) is 12.5 Å². The number of carbonyl (C=O) groups excluding carboxylic acids is 1. The monoisotopic (exact) mass is 589 g/mol. The third kappa shape index (κ3) is 5.56. The molecule has 13 heteroatoms. The molecule has 2 N–H and O–H groups in total. The Kier molecular flexibility index (Phi) is 8.22. The van der Waals surface area contributed by atoms with Gasteiger partial charge >= 0.3 is 5.97 Å². The largest absolute Gasteiger partial charge is 0.459 e. The average molecular weight is 590 g/mol. The lowest BCUT2D eigenvalue weighted by Crippen LogP contribution is -2.28. The van der Waals surface area contributed by atoms with E-state index in [-0.39, 0.29) is 52.4 Å². The number of hydrogen-bond donors (Lipinski definition) is 1. The summed E-state index contributed by atoms with van der Waals surface area (Å²) in [5.41, 5.74) is 7.87. The van der Waals surface area contributed by atoms with Gasteiger partial charge in [0, 0.05) is 11.3 Å². The molecule has 3 heterocycles. The normalized spacial score (nSPS) is 17.6. The van der Waals surface area contributed by atoms with Gasteiger partial charge in [-0.15, -0.1) is 0 Å². The number of aryl methyl sites for hydroxylation is 2. The van der Waals surface area contributed by atoms with Crippen LogP contribution in [0.5, 0.6) is 11.5 Å². The maximum absolute atomic E-state index is 13.6. The Balaban J connectivity index is 1.63. The number of rotatable bonds is 7. The van der Waals surface area contributed by atoms with Crippen LogP contribution in [0.25, 0.3) is 0 Å². The van der Waals surface area contributed by atoms with Gasteiger partial charge in [0.1, 0.15) is 28.5 Å². The van der Waals surface area contributed by atoms with Crippen molar-refractivity contribution < 1.29 is 28.7 Å². The van der Waals surface area contributed by atoms with Crippen molar-refractivity contribution in [3.05, 3.63) is 73.5 Å². The van der Waals surface area contributed by atoms with Crippen LogP contribution >= 0.6 is 11.8 Å². The number of nitro groups is 1. The molecule has 0 spiro atoms. The fourth-order valence-electron chi connectivity index (χ4n) is 5.19. The number of nitriles is 2. The Bertz CT molecular complexity index is 1620. The molecule has 1 atom stereocenters. The molecule has 1 unspecified atom stereocenters. The van der Waals surface area contributed by atoms with Crippen molar-refractivity contribution >= 4 is 23.4 Å². The van der Waals surface area contributed by atoms with Crippen molar-refractivity contribution in [1.82, 2.24) is 4.98 Å². The third-order valence-electron chi connectivity index (χ3n) is 7.07. The van der Waals surface area contributed by atoms with Crippen molar-refractivity contribution in [2.24, 2.45) is 5.73 Å². The van der Waals surface area contributed by atoms with E-state index in [1.54, 1.807) is 13.8 Å². The lowest BCUT2D eigenvalue weighted by atomic mass is 9.82. The minimum atomic E-state index is -1.30. The summed E-state index contributed by atoms with van der Waals surface area (Å²) in [6, 6.07) is 8.59. The molecule has 216 valence electrons. The summed E-state index contributed by atoms with van der Waals surface area (Å²) in [5.74, 6) is -2.02. The number of fused-ring (bicyclic) bond motifs is 2. The highest BCUT2D eigenvalue weighted by atomic mass is 32.2. The number of allylic oxidation sites excluding steroid dienone is 1. The molecule has 0 fully saturated rings. The fraction of sp³-hybridized carbons (Fsp3) is 0.379. The molecule has 1 aromatic carbocycles. The van der Waals surface area contributed by atoms with Gasteiger partial charge in [-0.2, -0.15) is 10.5 Å². The number of pyridine rings is 1. The number of aromatic nitrogens is 1. The molecule has 3 aliphatic rings. The summed E-state index contributed by atoms with van der Waals surface area (Å²) in [6.07, 6.45) is 4.24. The predicted octanol–water partition coefficient (Wildman–Crippen LogP) is 4.66. The van der Waals surface area contributed by atoms with E-state index in [2.05, 4.69) is 6.07 Å². The smallest absolute Gasteiger partial charge is 0.338 e. The minimum Gasteiger partial charge on any atom is -0.459 e. The maximum Gasteiger partial charge on any atom is 0.338 e. The van der Waals surface area contributed by atoms with Crippen molar-refractivity contribution in [3.63, 3.8) is 0 Å².